The van der Waals surface area contributed by atoms with Crippen LogP contribution in [0.15, 0.2) is 39.8 Å². The van der Waals surface area contributed by atoms with Crippen LogP contribution in [0, 0.1) is 6.92 Å². The number of pyridine rings is 1. The maximum atomic E-state index is 11.9. The SMILES string of the molecule is C1COCCN1.CC(=Nc1c(C(=O)O)sc2nc(-c3ccc(Br)cc3)cc(C)c12)N1CCOCC1. The monoisotopic (exact) mass is 560 g/mol. The molecule has 0 radical (unpaired) electrons. The lowest BCUT2D eigenvalue weighted by atomic mass is 10.1. The number of benzene rings is 1. The van der Waals surface area contributed by atoms with Gasteiger partial charge in [0.05, 0.1) is 32.1 Å². The number of hydrogen-bond donors (Lipinski definition) is 2. The van der Waals surface area contributed by atoms with Gasteiger partial charge in [-0.05, 0) is 37.6 Å². The van der Waals surface area contributed by atoms with Crippen LogP contribution in [-0.4, -0.2) is 79.4 Å². The van der Waals surface area contributed by atoms with Crippen LogP contribution >= 0.6 is 27.3 Å². The van der Waals surface area contributed by atoms with Gasteiger partial charge in [-0.1, -0.05) is 28.1 Å². The van der Waals surface area contributed by atoms with Crippen molar-refractivity contribution in [1.29, 1.82) is 0 Å². The Hall–Kier alpha value is -2.37. The summed E-state index contributed by atoms with van der Waals surface area (Å²) >= 11 is 4.62. The van der Waals surface area contributed by atoms with E-state index in [9.17, 15) is 9.90 Å². The van der Waals surface area contributed by atoms with Crippen molar-refractivity contribution in [2.45, 2.75) is 13.8 Å². The summed E-state index contributed by atoms with van der Waals surface area (Å²) in [5.74, 6) is -0.182. The van der Waals surface area contributed by atoms with Crippen molar-refractivity contribution < 1.29 is 19.4 Å². The van der Waals surface area contributed by atoms with Crippen molar-refractivity contribution in [3.8, 4) is 11.3 Å². The number of aliphatic imine (C=N–C) groups is 1. The van der Waals surface area contributed by atoms with E-state index in [0.29, 0.717) is 23.7 Å². The molecule has 2 saturated heterocycles. The van der Waals surface area contributed by atoms with Crippen LogP contribution in [0.2, 0.25) is 0 Å². The Kier molecular flexibility index (Phi) is 8.85. The molecule has 1 aromatic carbocycles. The zero-order valence-electron chi connectivity index (χ0n) is 19.8. The predicted molar refractivity (Wildman–Crippen MR) is 143 cm³/mol. The standard InChI is InChI=1S/C21H20BrN3O3S.C4H9NO/c1-12-11-16(14-3-5-15(22)6-4-14)24-20-17(12)18(19(29-20)21(26)27)23-13(2)25-7-9-28-10-8-25;1-3-6-4-2-5-1/h3-6,11H,7-10H2,1-2H3,(H,26,27);5H,1-4H2. The second-order valence-electron chi connectivity index (χ2n) is 8.22. The number of hydrogen-bond acceptors (Lipinski definition) is 7. The Balaban J connectivity index is 0.000000421. The second kappa shape index (κ2) is 12.0. The Morgan fingerprint density at radius 3 is 2.37 bits per heavy atom. The van der Waals surface area contributed by atoms with E-state index >= 15 is 0 Å². The summed E-state index contributed by atoms with van der Waals surface area (Å²) in [4.78, 5) is 24.5. The first-order valence-corrected chi connectivity index (χ1v) is 13.1. The van der Waals surface area contributed by atoms with E-state index in [1.54, 1.807) is 0 Å². The Labute approximate surface area is 217 Å². The van der Waals surface area contributed by atoms with Gasteiger partial charge in [-0.15, -0.1) is 11.3 Å². The number of aryl methyl sites for hydroxylation is 1. The zero-order valence-corrected chi connectivity index (χ0v) is 22.2. The molecule has 35 heavy (non-hydrogen) atoms. The van der Waals surface area contributed by atoms with Crippen molar-refractivity contribution in [2.24, 2.45) is 4.99 Å². The number of thiophene rings is 1. The third-order valence-electron chi connectivity index (χ3n) is 5.76. The number of carboxylic acid groups (broad SMARTS) is 1. The molecule has 8 nitrogen and oxygen atoms in total. The van der Waals surface area contributed by atoms with E-state index in [1.807, 2.05) is 44.2 Å². The maximum Gasteiger partial charge on any atom is 0.348 e. The largest absolute Gasteiger partial charge is 0.477 e. The van der Waals surface area contributed by atoms with E-state index < -0.39 is 5.97 Å². The van der Waals surface area contributed by atoms with Gasteiger partial charge in [-0.2, -0.15) is 0 Å². The highest BCUT2D eigenvalue weighted by Gasteiger charge is 2.22. The average molecular weight is 562 g/mol. The molecule has 0 aliphatic carbocycles. The number of rotatable bonds is 3. The van der Waals surface area contributed by atoms with Crippen molar-refractivity contribution in [1.82, 2.24) is 15.2 Å². The van der Waals surface area contributed by atoms with Gasteiger partial charge in [0.25, 0.3) is 0 Å². The van der Waals surface area contributed by atoms with Crippen molar-refractivity contribution >= 4 is 55.0 Å². The lowest BCUT2D eigenvalue weighted by Crippen LogP contribution is -2.39. The van der Waals surface area contributed by atoms with E-state index in [2.05, 4.69) is 26.1 Å². The summed E-state index contributed by atoms with van der Waals surface area (Å²) in [6.45, 7) is 10.5. The van der Waals surface area contributed by atoms with Gasteiger partial charge in [0.1, 0.15) is 21.2 Å². The number of fused-ring (bicyclic) bond motifs is 1. The number of ether oxygens (including phenoxy) is 2. The van der Waals surface area contributed by atoms with Crippen LogP contribution in [0.25, 0.3) is 21.5 Å². The lowest BCUT2D eigenvalue weighted by Gasteiger charge is -2.28. The molecule has 4 heterocycles. The molecule has 0 atom stereocenters. The third kappa shape index (κ3) is 6.45. The minimum Gasteiger partial charge on any atom is -0.477 e. The highest BCUT2D eigenvalue weighted by molar-refractivity contribution is 9.10. The molecule has 2 aliphatic heterocycles. The summed E-state index contributed by atoms with van der Waals surface area (Å²) in [7, 11) is 0. The van der Waals surface area contributed by atoms with Crippen molar-refractivity contribution in [3.05, 3.63) is 45.2 Å². The molecule has 2 aromatic heterocycles. The lowest BCUT2D eigenvalue weighted by molar-refractivity contribution is 0.0677. The number of amidine groups is 1. The first kappa shape index (κ1) is 25.7. The maximum absolute atomic E-state index is 11.9. The van der Waals surface area contributed by atoms with Crippen LogP contribution < -0.4 is 5.32 Å². The molecule has 186 valence electrons. The topological polar surface area (TPSA) is 96.3 Å². The zero-order chi connectivity index (χ0) is 24.8. The van der Waals surface area contributed by atoms with Gasteiger partial charge < -0.3 is 24.8 Å². The molecule has 3 aromatic rings. The smallest absolute Gasteiger partial charge is 0.348 e. The molecule has 10 heteroatoms. The van der Waals surface area contributed by atoms with E-state index in [4.69, 9.17) is 19.5 Å². The number of morpholine rings is 2. The fourth-order valence-corrected chi connectivity index (χ4v) is 5.21. The third-order valence-corrected chi connectivity index (χ3v) is 7.35. The van der Waals surface area contributed by atoms with E-state index in [0.717, 1.165) is 71.9 Å². The molecule has 2 N–H and O–H groups in total. The van der Waals surface area contributed by atoms with Crippen LogP contribution in [-0.2, 0) is 9.47 Å². The van der Waals surface area contributed by atoms with Gasteiger partial charge in [-0.3, -0.25) is 0 Å². The van der Waals surface area contributed by atoms with Gasteiger partial charge in [-0.25, -0.2) is 14.8 Å². The molecule has 0 unspecified atom stereocenters. The molecule has 0 saturated carbocycles. The predicted octanol–water partition coefficient (Wildman–Crippen LogP) is 4.72. The quantitative estimate of drug-likeness (QED) is 0.353. The van der Waals surface area contributed by atoms with Crippen molar-refractivity contribution in [2.75, 3.05) is 52.6 Å². The van der Waals surface area contributed by atoms with Crippen LogP contribution in [0.3, 0.4) is 0 Å². The summed E-state index contributed by atoms with van der Waals surface area (Å²) in [5.41, 5.74) is 3.26. The van der Waals surface area contributed by atoms with Gasteiger partial charge in [0.15, 0.2) is 0 Å². The Morgan fingerprint density at radius 1 is 1.14 bits per heavy atom. The molecule has 0 bridgehead atoms. The van der Waals surface area contributed by atoms with Crippen molar-refractivity contribution in [3.63, 3.8) is 0 Å². The van der Waals surface area contributed by atoms with Gasteiger partial charge in [0, 0.05) is 41.6 Å². The number of aromatic nitrogens is 1. The van der Waals surface area contributed by atoms with Crippen LogP contribution in [0.4, 0.5) is 5.69 Å². The molecule has 0 spiro atoms. The van der Waals surface area contributed by atoms with Crippen LogP contribution in [0.5, 0.6) is 0 Å². The average Bonchev–Trinajstić information content (AvgIpc) is 3.25. The molecule has 0 amide bonds. The number of nitrogens with zero attached hydrogens (tertiary/aromatic N) is 3. The molecule has 5 rings (SSSR count). The summed E-state index contributed by atoms with van der Waals surface area (Å²) in [6.07, 6.45) is 0. The number of aromatic carboxylic acids is 1. The number of nitrogens with one attached hydrogen (secondary N) is 1. The molecular weight excluding hydrogens is 532 g/mol. The summed E-state index contributed by atoms with van der Waals surface area (Å²) < 4.78 is 11.4. The highest BCUT2D eigenvalue weighted by Crippen LogP contribution is 2.40. The minimum absolute atomic E-state index is 0.219. The number of halogens is 1. The normalized spacial score (nSPS) is 16.7. The van der Waals surface area contributed by atoms with E-state index in [-0.39, 0.29) is 4.88 Å². The molecule has 2 fully saturated rings. The first-order valence-electron chi connectivity index (χ1n) is 11.5. The van der Waals surface area contributed by atoms with Gasteiger partial charge in [0.2, 0.25) is 0 Å². The second-order valence-corrected chi connectivity index (χ2v) is 10.1. The number of carbonyl (C=O) groups is 1. The van der Waals surface area contributed by atoms with Gasteiger partial charge >= 0.3 is 5.97 Å². The molecular formula is C25H29BrN4O4S. The minimum atomic E-state index is -0.980. The van der Waals surface area contributed by atoms with Crippen LogP contribution in [0.1, 0.15) is 22.2 Å². The fourth-order valence-electron chi connectivity index (χ4n) is 3.92. The molecule has 2 aliphatic rings. The van der Waals surface area contributed by atoms with E-state index in [1.165, 1.54) is 11.3 Å². The Bertz CT molecular complexity index is 1190. The highest BCUT2D eigenvalue weighted by atomic mass is 79.9. The Morgan fingerprint density at radius 2 is 1.80 bits per heavy atom. The fraction of sp³-hybridized carbons (Fsp3) is 0.400. The summed E-state index contributed by atoms with van der Waals surface area (Å²) in [6, 6.07) is 9.91. The first-order chi connectivity index (χ1) is 16.9. The number of carboxylic acids is 1. The summed E-state index contributed by atoms with van der Waals surface area (Å²) in [5, 5.41) is 13.7.